The number of hydrogen-bond donors (Lipinski definition) is 0. The van der Waals surface area contributed by atoms with Crippen LogP contribution in [0.1, 0.15) is 0 Å². The van der Waals surface area contributed by atoms with Crippen LogP contribution in [0.5, 0.6) is 0 Å². The molecule has 11 aromatic rings. The van der Waals surface area contributed by atoms with Gasteiger partial charge in [-0.3, -0.25) is 4.57 Å². The van der Waals surface area contributed by atoms with E-state index in [-0.39, 0.29) is 0 Å². The lowest BCUT2D eigenvalue weighted by molar-refractivity contribution is 1.10. The Morgan fingerprint density at radius 1 is 0.327 bits per heavy atom. The van der Waals surface area contributed by atoms with Gasteiger partial charge in [0.2, 0.25) is 0 Å². The van der Waals surface area contributed by atoms with Gasteiger partial charge >= 0.3 is 0 Å². The van der Waals surface area contributed by atoms with Gasteiger partial charge in [0.25, 0.3) is 0 Å². The molecule has 0 aliphatic heterocycles. The molecule has 2 nitrogen and oxygen atoms in total. The Kier molecular flexibility index (Phi) is 7.21. The van der Waals surface area contributed by atoms with Crippen LogP contribution in [0, 0.1) is 0 Å². The van der Waals surface area contributed by atoms with Gasteiger partial charge < -0.3 is 0 Å². The van der Waals surface area contributed by atoms with Crippen LogP contribution in [0.15, 0.2) is 206 Å². The van der Waals surface area contributed by atoms with Gasteiger partial charge in [-0.15, -0.1) is 0 Å². The van der Waals surface area contributed by atoms with Crippen molar-refractivity contribution < 1.29 is 0 Å². The molecule has 1 aromatic heterocycles. The minimum atomic E-state index is 0.933. The van der Waals surface area contributed by atoms with E-state index in [2.05, 4.69) is 211 Å². The number of para-hydroxylation sites is 3. The Hall–Kier alpha value is -7.29. The van der Waals surface area contributed by atoms with Crippen LogP contribution >= 0.6 is 0 Å². The molecule has 0 aliphatic carbocycles. The van der Waals surface area contributed by atoms with E-state index in [4.69, 9.17) is 4.98 Å². The SMILES string of the molecule is c1ccc(-n2c(-c3ccc(-c4ccc5c(-c6cccc7ccccc67)c6ccccc6c(-c6ccc7ccccc7c6)c5c4)cc3)nc3ccccc32)cc1. The van der Waals surface area contributed by atoms with Crippen LogP contribution < -0.4 is 0 Å². The number of imidazole rings is 1. The third kappa shape index (κ3) is 5.15. The van der Waals surface area contributed by atoms with Gasteiger partial charge in [-0.05, 0) is 113 Å². The minimum absolute atomic E-state index is 0.933. The van der Waals surface area contributed by atoms with E-state index in [1.165, 1.54) is 70.9 Å². The highest BCUT2D eigenvalue weighted by Gasteiger charge is 2.20. The van der Waals surface area contributed by atoms with Crippen molar-refractivity contribution in [2.75, 3.05) is 0 Å². The standard InChI is InChI=1S/C53H34N2/c1-2-17-42(18-3-1)55-50-24-11-10-23-49(50)54-53(55)38-28-25-36(26-29-38)40-31-32-47-48(34-40)51(41-30-27-35-13-4-5-15-39(35)33-41)45-20-8-9-21-46(45)52(47)44-22-12-16-37-14-6-7-19-43(37)44/h1-34H. The smallest absolute Gasteiger partial charge is 0.145 e. The monoisotopic (exact) mass is 698 g/mol. The third-order valence-electron chi connectivity index (χ3n) is 11.2. The average molecular weight is 699 g/mol. The van der Waals surface area contributed by atoms with Crippen molar-refractivity contribution in [3.63, 3.8) is 0 Å². The van der Waals surface area contributed by atoms with Gasteiger partial charge in [0.1, 0.15) is 5.82 Å². The second-order valence-electron chi connectivity index (χ2n) is 14.3. The first-order chi connectivity index (χ1) is 27.3. The summed E-state index contributed by atoms with van der Waals surface area (Å²) in [5.74, 6) is 0.933. The molecule has 0 saturated heterocycles. The Balaban J connectivity index is 1.14. The molecule has 0 N–H and O–H groups in total. The maximum Gasteiger partial charge on any atom is 0.145 e. The van der Waals surface area contributed by atoms with Gasteiger partial charge in [-0.2, -0.15) is 0 Å². The van der Waals surface area contributed by atoms with Crippen molar-refractivity contribution in [3.8, 4) is 50.5 Å². The molecule has 0 bridgehead atoms. The second kappa shape index (κ2) is 12.7. The summed E-state index contributed by atoms with van der Waals surface area (Å²) in [4.78, 5) is 5.12. The van der Waals surface area contributed by atoms with E-state index >= 15 is 0 Å². The highest BCUT2D eigenvalue weighted by Crippen LogP contribution is 2.46. The maximum absolute atomic E-state index is 5.12. The van der Waals surface area contributed by atoms with Crippen molar-refractivity contribution >= 4 is 54.1 Å². The summed E-state index contributed by atoms with van der Waals surface area (Å²) in [6, 6.07) is 74.8. The van der Waals surface area contributed by atoms with Gasteiger partial charge in [0.15, 0.2) is 0 Å². The van der Waals surface area contributed by atoms with Crippen molar-refractivity contribution in [2.24, 2.45) is 0 Å². The molecule has 0 spiro atoms. The van der Waals surface area contributed by atoms with Crippen LogP contribution in [-0.2, 0) is 0 Å². The molecule has 2 heteroatoms. The number of rotatable bonds is 5. The zero-order chi connectivity index (χ0) is 36.3. The van der Waals surface area contributed by atoms with Crippen LogP contribution in [0.2, 0.25) is 0 Å². The lowest BCUT2D eigenvalue weighted by atomic mass is 9.83. The number of benzene rings is 10. The molecule has 55 heavy (non-hydrogen) atoms. The van der Waals surface area contributed by atoms with Crippen LogP contribution in [0.4, 0.5) is 0 Å². The second-order valence-corrected chi connectivity index (χ2v) is 14.3. The molecular formula is C53H34N2. The lowest BCUT2D eigenvalue weighted by Crippen LogP contribution is -1.97. The zero-order valence-corrected chi connectivity index (χ0v) is 30.0. The summed E-state index contributed by atoms with van der Waals surface area (Å²) in [6.45, 7) is 0. The summed E-state index contributed by atoms with van der Waals surface area (Å²) in [5.41, 5.74) is 11.6. The van der Waals surface area contributed by atoms with Crippen LogP contribution in [0.25, 0.3) is 105 Å². The largest absolute Gasteiger partial charge is 0.292 e. The minimum Gasteiger partial charge on any atom is -0.292 e. The molecule has 10 aromatic carbocycles. The molecule has 0 fully saturated rings. The zero-order valence-electron chi connectivity index (χ0n) is 30.0. The Morgan fingerprint density at radius 3 is 1.76 bits per heavy atom. The third-order valence-corrected chi connectivity index (χ3v) is 11.2. The molecule has 0 aliphatic rings. The molecule has 1 heterocycles. The molecular weight excluding hydrogens is 665 g/mol. The summed E-state index contributed by atoms with van der Waals surface area (Å²) in [5, 5.41) is 9.98. The van der Waals surface area contributed by atoms with E-state index in [9.17, 15) is 0 Å². The highest BCUT2D eigenvalue weighted by molar-refractivity contribution is 6.24. The first kappa shape index (κ1) is 31.3. The van der Waals surface area contributed by atoms with Crippen LogP contribution in [0.3, 0.4) is 0 Å². The van der Waals surface area contributed by atoms with E-state index < -0.39 is 0 Å². The van der Waals surface area contributed by atoms with E-state index in [0.29, 0.717) is 0 Å². The maximum atomic E-state index is 5.12. The number of aromatic nitrogens is 2. The molecule has 0 amide bonds. The fraction of sp³-hybridized carbons (Fsp3) is 0. The van der Waals surface area contributed by atoms with Crippen molar-refractivity contribution in [1.29, 1.82) is 0 Å². The van der Waals surface area contributed by atoms with Crippen molar-refractivity contribution in [1.82, 2.24) is 9.55 Å². The Bertz CT molecular complexity index is 3240. The fourth-order valence-electron chi connectivity index (χ4n) is 8.62. The van der Waals surface area contributed by atoms with E-state index in [1.807, 2.05) is 0 Å². The molecule has 0 radical (unpaired) electrons. The average Bonchev–Trinajstić information content (AvgIpc) is 3.65. The Morgan fingerprint density at radius 2 is 0.927 bits per heavy atom. The number of hydrogen-bond acceptors (Lipinski definition) is 1. The molecule has 256 valence electrons. The van der Waals surface area contributed by atoms with Crippen LogP contribution in [-0.4, -0.2) is 9.55 Å². The summed E-state index contributed by atoms with van der Waals surface area (Å²) < 4.78 is 2.26. The van der Waals surface area contributed by atoms with Crippen molar-refractivity contribution in [3.05, 3.63) is 206 Å². The van der Waals surface area contributed by atoms with Gasteiger partial charge in [0, 0.05) is 11.3 Å². The molecule has 0 unspecified atom stereocenters. The molecule has 11 rings (SSSR count). The van der Waals surface area contributed by atoms with Gasteiger partial charge in [0.05, 0.1) is 11.0 Å². The summed E-state index contributed by atoms with van der Waals surface area (Å²) in [6.07, 6.45) is 0. The predicted molar refractivity (Wildman–Crippen MR) is 233 cm³/mol. The normalized spacial score (nSPS) is 11.6. The van der Waals surface area contributed by atoms with Gasteiger partial charge in [-0.25, -0.2) is 4.98 Å². The quantitative estimate of drug-likeness (QED) is 0.164. The van der Waals surface area contributed by atoms with Crippen molar-refractivity contribution in [2.45, 2.75) is 0 Å². The Labute approximate surface area is 319 Å². The lowest BCUT2D eigenvalue weighted by Gasteiger charge is -2.20. The summed E-state index contributed by atoms with van der Waals surface area (Å²) >= 11 is 0. The van der Waals surface area contributed by atoms with E-state index in [0.717, 1.165) is 33.7 Å². The molecule has 0 saturated carbocycles. The fourth-order valence-corrected chi connectivity index (χ4v) is 8.62. The van der Waals surface area contributed by atoms with Gasteiger partial charge in [-0.1, -0.05) is 170 Å². The predicted octanol–water partition coefficient (Wildman–Crippen LogP) is 14.3. The molecule has 0 atom stereocenters. The first-order valence-corrected chi connectivity index (χ1v) is 18.9. The number of nitrogens with zero attached hydrogens (tertiary/aromatic N) is 2. The summed E-state index contributed by atoms with van der Waals surface area (Å²) in [7, 11) is 0. The topological polar surface area (TPSA) is 17.8 Å². The highest BCUT2D eigenvalue weighted by atomic mass is 15.1. The first-order valence-electron chi connectivity index (χ1n) is 18.9. The number of fused-ring (bicyclic) bond motifs is 5. The van der Waals surface area contributed by atoms with E-state index in [1.54, 1.807) is 0 Å².